The minimum absolute atomic E-state index is 0.0704. The minimum atomic E-state index is -0.157. The molecule has 0 saturated carbocycles. The molecule has 25 heavy (non-hydrogen) atoms. The molecule has 2 aromatic rings. The molecule has 0 aromatic heterocycles. The number of phenolic OH excluding ortho intramolecular Hbond substituents is 1. The zero-order valence-electron chi connectivity index (χ0n) is 14.5. The van der Waals surface area contributed by atoms with Crippen molar-refractivity contribution in [3.8, 4) is 5.75 Å². The molecule has 1 fully saturated rings. The average molecular weight is 341 g/mol. The van der Waals surface area contributed by atoms with E-state index in [4.69, 9.17) is 0 Å². The van der Waals surface area contributed by atoms with E-state index < -0.39 is 0 Å². The van der Waals surface area contributed by atoms with Gasteiger partial charge in [-0.3, -0.25) is 4.79 Å². The number of rotatable bonds is 4. The van der Waals surface area contributed by atoms with Crippen molar-refractivity contribution in [3.63, 3.8) is 0 Å². The third-order valence-electron chi connectivity index (χ3n) is 5.05. The normalized spacial score (nSPS) is 17.5. The van der Waals surface area contributed by atoms with Crippen LogP contribution in [0.3, 0.4) is 0 Å². The average Bonchev–Trinajstić information content (AvgIpc) is 2.63. The molecule has 1 atom stereocenters. The van der Waals surface area contributed by atoms with E-state index in [-0.39, 0.29) is 17.5 Å². The molecule has 1 aliphatic heterocycles. The van der Waals surface area contributed by atoms with Crippen LogP contribution in [-0.4, -0.2) is 29.0 Å². The number of halogens is 1. The molecule has 0 bridgehead atoms. The maximum Gasteiger partial charge on any atom is 0.257 e. The van der Waals surface area contributed by atoms with Crippen LogP contribution < -0.4 is 0 Å². The topological polar surface area (TPSA) is 40.5 Å². The highest BCUT2D eigenvalue weighted by Crippen LogP contribution is 2.27. The van der Waals surface area contributed by atoms with E-state index in [1.807, 2.05) is 17.0 Å². The van der Waals surface area contributed by atoms with Crippen molar-refractivity contribution in [2.24, 2.45) is 5.92 Å². The number of carbonyl (C=O) groups is 1. The highest BCUT2D eigenvalue weighted by Gasteiger charge is 2.26. The van der Waals surface area contributed by atoms with Gasteiger partial charge in [0.25, 0.3) is 5.91 Å². The Hall–Kier alpha value is -2.36. The van der Waals surface area contributed by atoms with Crippen LogP contribution in [0.15, 0.2) is 42.5 Å². The van der Waals surface area contributed by atoms with Crippen LogP contribution in [-0.2, 0) is 6.42 Å². The summed E-state index contributed by atoms with van der Waals surface area (Å²) in [7, 11) is 0. The lowest BCUT2D eigenvalue weighted by Gasteiger charge is -2.33. The summed E-state index contributed by atoms with van der Waals surface area (Å²) in [6.07, 6.45) is 3.55. The third kappa shape index (κ3) is 4.01. The molecule has 1 N–H and O–H groups in total. The van der Waals surface area contributed by atoms with Crippen molar-refractivity contribution < 1.29 is 14.3 Å². The number of carbonyl (C=O) groups excluding carboxylic acids is 1. The van der Waals surface area contributed by atoms with Crippen molar-refractivity contribution >= 4 is 5.91 Å². The fraction of sp³-hybridized carbons (Fsp3) is 0.381. The number of hydrogen-bond donors (Lipinski definition) is 1. The van der Waals surface area contributed by atoms with Gasteiger partial charge in [-0.15, -0.1) is 0 Å². The van der Waals surface area contributed by atoms with Gasteiger partial charge < -0.3 is 10.0 Å². The number of para-hydroxylation sites is 1. The first-order valence-electron chi connectivity index (χ1n) is 8.87. The molecule has 132 valence electrons. The molecule has 1 saturated heterocycles. The van der Waals surface area contributed by atoms with Gasteiger partial charge in [0.1, 0.15) is 11.6 Å². The first kappa shape index (κ1) is 17.5. The van der Waals surface area contributed by atoms with Crippen LogP contribution in [0.5, 0.6) is 5.75 Å². The van der Waals surface area contributed by atoms with Gasteiger partial charge in [-0.1, -0.05) is 30.3 Å². The summed E-state index contributed by atoms with van der Waals surface area (Å²) in [5.41, 5.74) is 1.82. The summed E-state index contributed by atoms with van der Waals surface area (Å²) in [5.74, 6) is 0.165. The summed E-state index contributed by atoms with van der Waals surface area (Å²) in [6, 6.07) is 12.1. The molecule has 3 rings (SSSR count). The van der Waals surface area contributed by atoms with Crippen LogP contribution >= 0.6 is 0 Å². The standard InChI is InChI=1S/C21H24FNO2/c1-15-6-4-9-18(20(15)24)21(25)23-13-5-7-16(14-23)11-12-17-8-2-3-10-19(17)22/h2-4,6,8-10,16,24H,5,7,11-14H2,1H3/t16-/m0/s1. The zero-order chi connectivity index (χ0) is 17.8. The molecule has 4 heteroatoms. The van der Waals surface area contributed by atoms with E-state index >= 15 is 0 Å². The summed E-state index contributed by atoms with van der Waals surface area (Å²) >= 11 is 0. The highest BCUT2D eigenvalue weighted by atomic mass is 19.1. The third-order valence-corrected chi connectivity index (χ3v) is 5.05. The molecular formula is C21H24FNO2. The summed E-state index contributed by atoms with van der Waals surface area (Å²) in [5, 5.41) is 10.2. The van der Waals surface area contributed by atoms with Gasteiger partial charge in [0.15, 0.2) is 0 Å². The predicted molar refractivity (Wildman–Crippen MR) is 96.2 cm³/mol. The number of likely N-dealkylation sites (tertiary alicyclic amines) is 1. The largest absolute Gasteiger partial charge is 0.507 e. The van der Waals surface area contributed by atoms with Crippen molar-refractivity contribution in [2.45, 2.75) is 32.6 Å². The number of aryl methyl sites for hydroxylation is 2. The van der Waals surface area contributed by atoms with Gasteiger partial charge in [0.2, 0.25) is 0 Å². The Balaban J connectivity index is 1.64. The summed E-state index contributed by atoms with van der Waals surface area (Å²) in [4.78, 5) is 14.6. The minimum Gasteiger partial charge on any atom is -0.507 e. The molecular weight excluding hydrogens is 317 g/mol. The van der Waals surface area contributed by atoms with Gasteiger partial charge in [-0.25, -0.2) is 4.39 Å². The second-order valence-electron chi connectivity index (χ2n) is 6.86. The van der Waals surface area contributed by atoms with E-state index in [0.29, 0.717) is 36.6 Å². The number of benzene rings is 2. The molecule has 1 heterocycles. The molecule has 0 spiro atoms. The first-order valence-corrected chi connectivity index (χ1v) is 8.87. The number of hydrogen-bond acceptors (Lipinski definition) is 2. The second-order valence-corrected chi connectivity index (χ2v) is 6.86. The van der Waals surface area contributed by atoms with E-state index in [1.54, 1.807) is 31.2 Å². The quantitative estimate of drug-likeness (QED) is 0.899. The van der Waals surface area contributed by atoms with Gasteiger partial charge in [0.05, 0.1) is 5.56 Å². The molecule has 0 radical (unpaired) electrons. The zero-order valence-corrected chi connectivity index (χ0v) is 14.5. The van der Waals surface area contributed by atoms with Gasteiger partial charge in [-0.05, 0) is 61.8 Å². The lowest BCUT2D eigenvalue weighted by atomic mass is 9.91. The molecule has 0 aliphatic carbocycles. The van der Waals surface area contributed by atoms with E-state index in [2.05, 4.69) is 0 Å². The fourth-order valence-corrected chi connectivity index (χ4v) is 3.55. The Morgan fingerprint density at radius 1 is 1.24 bits per heavy atom. The smallest absolute Gasteiger partial charge is 0.257 e. The van der Waals surface area contributed by atoms with Crippen LogP contribution in [0.25, 0.3) is 0 Å². The Kier molecular flexibility index (Phi) is 5.37. The lowest BCUT2D eigenvalue weighted by molar-refractivity contribution is 0.0665. The molecule has 0 unspecified atom stereocenters. The van der Waals surface area contributed by atoms with Crippen LogP contribution in [0.4, 0.5) is 4.39 Å². The number of aromatic hydroxyl groups is 1. The van der Waals surface area contributed by atoms with Crippen LogP contribution in [0, 0.1) is 18.7 Å². The van der Waals surface area contributed by atoms with E-state index in [1.165, 1.54) is 6.07 Å². The number of phenols is 1. The highest BCUT2D eigenvalue weighted by molar-refractivity contribution is 5.97. The number of amides is 1. The van der Waals surface area contributed by atoms with Gasteiger partial charge in [-0.2, -0.15) is 0 Å². The first-order chi connectivity index (χ1) is 12.1. The van der Waals surface area contributed by atoms with Crippen LogP contribution in [0.1, 0.15) is 40.7 Å². The van der Waals surface area contributed by atoms with E-state index in [9.17, 15) is 14.3 Å². The molecule has 1 aliphatic rings. The second kappa shape index (κ2) is 7.68. The Bertz CT molecular complexity index is 759. The molecule has 1 amide bonds. The summed E-state index contributed by atoms with van der Waals surface area (Å²) in [6.45, 7) is 3.17. The summed E-state index contributed by atoms with van der Waals surface area (Å²) < 4.78 is 13.8. The SMILES string of the molecule is Cc1cccc(C(=O)N2CCC[C@@H](CCc3ccccc3F)C2)c1O. The Morgan fingerprint density at radius 2 is 2.04 bits per heavy atom. The van der Waals surface area contributed by atoms with Crippen molar-refractivity contribution in [1.82, 2.24) is 4.90 Å². The molecule has 2 aromatic carbocycles. The van der Waals surface area contributed by atoms with Crippen LogP contribution in [0.2, 0.25) is 0 Å². The van der Waals surface area contributed by atoms with Gasteiger partial charge in [0, 0.05) is 13.1 Å². The van der Waals surface area contributed by atoms with Crippen molar-refractivity contribution in [2.75, 3.05) is 13.1 Å². The number of piperidine rings is 1. The maximum atomic E-state index is 13.8. The maximum absolute atomic E-state index is 13.8. The molecule has 3 nitrogen and oxygen atoms in total. The Labute approximate surface area is 148 Å². The Morgan fingerprint density at radius 3 is 2.84 bits per heavy atom. The number of nitrogens with zero attached hydrogens (tertiary/aromatic N) is 1. The fourth-order valence-electron chi connectivity index (χ4n) is 3.55. The van der Waals surface area contributed by atoms with Gasteiger partial charge >= 0.3 is 0 Å². The monoisotopic (exact) mass is 341 g/mol. The van der Waals surface area contributed by atoms with Crippen molar-refractivity contribution in [1.29, 1.82) is 0 Å². The lowest BCUT2D eigenvalue weighted by Crippen LogP contribution is -2.40. The van der Waals surface area contributed by atoms with E-state index in [0.717, 1.165) is 24.8 Å². The predicted octanol–water partition coefficient (Wildman–Crippen LogP) is 4.32. The van der Waals surface area contributed by atoms with Crippen molar-refractivity contribution in [3.05, 3.63) is 65.0 Å².